The van der Waals surface area contributed by atoms with Gasteiger partial charge in [-0.25, -0.2) is 0 Å². The van der Waals surface area contributed by atoms with E-state index in [0.29, 0.717) is 5.91 Å². The summed E-state index contributed by atoms with van der Waals surface area (Å²) in [4.78, 5) is 14.5. The molecule has 1 aromatic rings. The summed E-state index contributed by atoms with van der Waals surface area (Å²) in [5.74, 6) is 0.383. The molecule has 114 valence electrons. The highest BCUT2D eigenvalue weighted by Crippen LogP contribution is 2.36. The summed E-state index contributed by atoms with van der Waals surface area (Å²) >= 11 is 0. The second-order valence-corrected chi connectivity index (χ2v) is 6.95. The molecule has 0 radical (unpaired) electrons. The van der Waals surface area contributed by atoms with E-state index in [1.54, 1.807) is 0 Å². The van der Waals surface area contributed by atoms with Gasteiger partial charge in [-0.1, -0.05) is 31.2 Å². The molecule has 3 heteroatoms. The van der Waals surface area contributed by atoms with E-state index in [4.69, 9.17) is 5.73 Å². The van der Waals surface area contributed by atoms with Crippen LogP contribution in [0.2, 0.25) is 0 Å². The predicted molar refractivity (Wildman–Crippen MR) is 85.0 cm³/mol. The third-order valence-electron chi connectivity index (χ3n) is 4.92. The number of hydrogen-bond acceptors (Lipinski definition) is 2. The molecule has 3 rings (SSSR count). The van der Waals surface area contributed by atoms with Gasteiger partial charge in [0, 0.05) is 24.5 Å². The minimum atomic E-state index is 0.0261. The molecule has 2 fully saturated rings. The van der Waals surface area contributed by atoms with E-state index in [9.17, 15) is 4.79 Å². The maximum atomic E-state index is 12.5. The number of nitrogens with zero attached hydrogens (tertiary/aromatic N) is 1. The van der Waals surface area contributed by atoms with Gasteiger partial charge in [0.25, 0.3) is 0 Å². The van der Waals surface area contributed by atoms with Crippen molar-refractivity contribution in [1.29, 1.82) is 0 Å². The first-order valence-electron chi connectivity index (χ1n) is 8.22. The zero-order valence-electron chi connectivity index (χ0n) is 13.0. The molecular formula is C18H26N2O. The Morgan fingerprint density at radius 2 is 1.86 bits per heavy atom. The highest BCUT2D eigenvalue weighted by molar-refractivity contribution is 5.79. The molecule has 1 aliphatic heterocycles. The fraction of sp³-hybridized carbons (Fsp3) is 0.611. The summed E-state index contributed by atoms with van der Waals surface area (Å²) in [5, 5.41) is 0. The standard InChI is InChI=1S/C18H26N2O/c1-14(17(21)20-10-4-5-11-20)12-15-6-2-3-7-16(15)13-18(19)8-9-18/h2-3,6-7,14H,4-5,8-13,19H2,1H3. The van der Waals surface area contributed by atoms with Gasteiger partial charge in [0.15, 0.2) is 0 Å². The number of carbonyl (C=O) groups is 1. The highest BCUT2D eigenvalue weighted by Gasteiger charge is 2.38. The van der Waals surface area contributed by atoms with Crippen LogP contribution in [0.15, 0.2) is 24.3 Å². The second-order valence-electron chi connectivity index (χ2n) is 6.95. The van der Waals surface area contributed by atoms with Gasteiger partial charge >= 0.3 is 0 Å². The number of likely N-dealkylation sites (tertiary alicyclic amines) is 1. The Labute approximate surface area is 127 Å². The first-order valence-corrected chi connectivity index (χ1v) is 8.22. The van der Waals surface area contributed by atoms with Crippen molar-refractivity contribution in [3.05, 3.63) is 35.4 Å². The van der Waals surface area contributed by atoms with Crippen LogP contribution in [0.4, 0.5) is 0 Å². The molecule has 1 saturated heterocycles. The Morgan fingerprint density at radius 3 is 2.48 bits per heavy atom. The Kier molecular flexibility index (Phi) is 4.03. The van der Waals surface area contributed by atoms with Crippen molar-refractivity contribution >= 4 is 5.91 Å². The lowest BCUT2D eigenvalue weighted by molar-refractivity contribution is -0.133. The summed E-state index contributed by atoms with van der Waals surface area (Å²) in [6.45, 7) is 3.94. The lowest BCUT2D eigenvalue weighted by atomic mass is 9.92. The fourth-order valence-electron chi connectivity index (χ4n) is 3.31. The van der Waals surface area contributed by atoms with Crippen LogP contribution in [-0.2, 0) is 17.6 Å². The summed E-state index contributed by atoms with van der Waals surface area (Å²) in [7, 11) is 0. The van der Waals surface area contributed by atoms with Crippen molar-refractivity contribution in [3.63, 3.8) is 0 Å². The quantitative estimate of drug-likeness (QED) is 0.904. The van der Waals surface area contributed by atoms with Crippen LogP contribution < -0.4 is 5.73 Å². The number of amides is 1. The van der Waals surface area contributed by atoms with Gasteiger partial charge in [0.05, 0.1) is 0 Å². The highest BCUT2D eigenvalue weighted by atomic mass is 16.2. The topological polar surface area (TPSA) is 46.3 Å². The zero-order valence-corrected chi connectivity index (χ0v) is 13.0. The van der Waals surface area contributed by atoms with Gasteiger partial charge in [-0.15, -0.1) is 0 Å². The van der Waals surface area contributed by atoms with Gasteiger partial charge < -0.3 is 10.6 Å². The van der Waals surface area contributed by atoms with E-state index in [1.807, 2.05) is 4.90 Å². The normalized spacial score (nSPS) is 21.3. The predicted octanol–water partition coefficient (Wildman–Crippen LogP) is 2.52. The van der Waals surface area contributed by atoms with Gasteiger partial charge in [0.1, 0.15) is 0 Å². The van der Waals surface area contributed by atoms with Crippen molar-refractivity contribution in [2.24, 2.45) is 11.7 Å². The van der Waals surface area contributed by atoms with Crippen molar-refractivity contribution < 1.29 is 4.79 Å². The maximum Gasteiger partial charge on any atom is 0.225 e. The van der Waals surface area contributed by atoms with Crippen molar-refractivity contribution in [2.45, 2.75) is 51.0 Å². The van der Waals surface area contributed by atoms with Crippen LogP contribution in [0.5, 0.6) is 0 Å². The summed E-state index contributed by atoms with van der Waals surface area (Å²) in [5.41, 5.74) is 8.92. The molecule has 2 aliphatic rings. The van der Waals surface area contributed by atoms with Crippen molar-refractivity contribution in [2.75, 3.05) is 13.1 Å². The fourth-order valence-corrected chi connectivity index (χ4v) is 3.31. The van der Waals surface area contributed by atoms with Crippen LogP contribution in [0.3, 0.4) is 0 Å². The Bertz CT molecular complexity index is 516. The van der Waals surface area contributed by atoms with E-state index in [1.165, 1.54) is 11.1 Å². The molecule has 3 nitrogen and oxygen atoms in total. The molecule has 1 aliphatic carbocycles. The van der Waals surface area contributed by atoms with Crippen LogP contribution in [-0.4, -0.2) is 29.4 Å². The van der Waals surface area contributed by atoms with Gasteiger partial charge in [-0.3, -0.25) is 4.79 Å². The molecule has 0 spiro atoms. The van der Waals surface area contributed by atoms with Gasteiger partial charge in [-0.2, -0.15) is 0 Å². The second kappa shape index (κ2) is 5.80. The summed E-state index contributed by atoms with van der Waals surface area (Å²) in [6.07, 6.45) is 6.36. The Morgan fingerprint density at radius 1 is 1.24 bits per heavy atom. The van der Waals surface area contributed by atoms with Gasteiger partial charge in [-0.05, 0) is 49.7 Å². The maximum absolute atomic E-state index is 12.5. The van der Waals surface area contributed by atoms with Crippen LogP contribution >= 0.6 is 0 Å². The molecule has 2 N–H and O–H groups in total. The van der Waals surface area contributed by atoms with Crippen LogP contribution in [0.1, 0.15) is 43.7 Å². The number of nitrogens with two attached hydrogens (primary N) is 1. The lowest BCUT2D eigenvalue weighted by Gasteiger charge is -2.21. The van der Waals surface area contributed by atoms with E-state index < -0.39 is 0 Å². The molecule has 1 atom stereocenters. The molecule has 0 aromatic heterocycles. The SMILES string of the molecule is CC(Cc1ccccc1CC1(N)CC1)C(=O)N1CCCC1. The van der Waals surface area contributed by atoms with Crippen molar-refractivity contribution in [1.82, 2.24) is 4.90 Å². The average Bonchev–Trinajstić information content (AvgIpc) is 2.99. The van der Waals surface area contributed by atoms with E-state index in [2.05, 4.69) is 31.2 Å². The van der Waals surface area contributed by atoms with Crippen molar-refractivity contribution in [3.8, 4) is 0 Å². The van der Waals surface area contributed by atoms with E-state index in [-0.39, 0.29) is 11.5 Å². The van der Waals surface area contributed by atoms with Gasteiger partial charge in [0.2, 0.25) is 5.91 Å². The number of benzene rings is 1. The van der Waals surface area contributed by atoms with E-state index >= 15 is 0 Å². The monoisotopic (exact) mass is 286 g/mol. The molecule has 21 heavy (non-hydrogen) atoms. The third kappa shape index (κ3) is 3.46. The number of rotatable bonds is 5. The summed E-state index contributed by atoms with van der Waals surface area (Å²) < 4.78 is 0. The zero-order chi connectivity index (χ0) is 14.9. The van der Waals surface area contributed by atoms with Crippen LogP contribution in [0.25, 0.3) is 0 Å². The third-order valence-corrected chi connectivity index (χ3v) is 4.92. The molecule has 1 heterocycles. The first-order chi connectivity index (χ1) is 10.1. The lowest BCUT2D eigenvalue weighted by Crippen LogP contribution is -2.33. The largest absolute Gasteiger partial charge is 0.342 e. The molecule has 0 bridgehead atoms. The summed E-state index contributed by atoms with van der Waals surface area (Å²) in [6, 6.07) is 8.49. The molecule has 1 amide bonds. The molecule has 1 saturated carbocycles. The van der Waals surface area contributed by atoms with E-state index in [0.717, 1.165) is 51.6 Å². The minimum Gasteiger partial charge on any atom is -0.342 e. The Hall–Kier alpha value is -1.35. The first kappa shape index (κ1) is 14.6. The number of hydrogen-bond donors (Lipinski definition) is 1. The van der Waals surface area contributed by atoms with Crippen LogP contribution in [0, 0.1) is 5.92 Å². The minimum absolute atomic E-state index is 0.0261. The molecule has 1 aromatic carbocycles. The molecular weight excluding hydrogens is 260 g/mol. The average molecular weight is 286 g/mol. The molecule has 1 unspecified atom stereocenters. The Balaban J connectivity index is 1.67. The number of carbonyl (C=O) groups excluding carboxylic acids is 1. The smallest absolute Gasteiger partial charge is 0.225 e.